The van der Waals surface area contributed by atoms with Gasteiger partial charge < -0.3 is 20.3 Å². The van der Waals surface area contributed by atoms with Gasteiger partial charge in [0.15, 0.2) is 0 Å². The Balaban J connectivity index is 1.41. The lowest BCUT2D eigenvalue weighted by atomic mass is 10.1. The van der Waals surface area contributed by atoms with Gasteiger partial charge in [-0.3, -0.25) is 4.79 Å². The third-order valence-corrected chi connectivity index (χ3v) is 9.18. The van der Waals surface area contributed by atoms with Crippen molar-refractivity contribution in [2.75, 3.05) is 32.1 Å². The number of nitrogens with one attached hydrogen (secondary N) is 2. The van der Waals surface area contributed by atoms with Crippen molar-refractivity contribution in [3.63, 3.8) is 0 Å². The Labute approximate surface area is 248 Å². The predicted molar refractivity (Wildman–Crippen MR) is 158 cm³/mol. The van der Waals surface area contributed by atoms with Gasteiger partial charge in [-0.05, 0) is 61.0 Å². The van der Waals surface area contributed by atoms with Crippen LogP contribution in [0, 0.1) is 12.7 Å². The van der Waals surface area contributed by atoms with Crippen molar-refractivity contribution in [1.29, 1.82) is 0 Å². The number of halogens is 1. The van der Waals surface area contributed by atoms with Crippen LogP contribution in [-0.2, 0) is 21.4 Å². The number of anilines is 1. The molecular weight excluding hydrogens is 575 g/mol. The summed E-state index contributed by atoms with van der Waals surface area (Å²) in [5.74, 6) is -0.405. The molecule has 0 radical (unpaired) electrons. The molecule has 1 atom stereocenters. The zero-order valence-electron chi connectivity index (χ0n) is 23.6. The summed E-state index contributed by atoms with van der Waals surface area (Å²) in [5, 5.41) is 9.79. The molecule has 3 aromatic carbocycles. The number of aromatic nitrogens is 2. The van der Waals surface area contributed by atoms with E-state index >= 15 is 0 Å². The zero-order valence-corrected chi connectivity index (χ0v) is 24.4. The van der Waals surface area contributed by atoms with Gasteiger partial charge in [-0.2, -0.15) is 9.40 Å². The van der Waals surface area contributed by atoms with Crippen LogP contribution in [0.1, 0.15) is 11.3 Å². The van der Waals surface area contributed by atoms with E-state index in [1.807, 2.05) is 36.4 Å². The number of hydrogen-bond donors (Lipinski definition) is 2. The van der Waals surface area contributed by atoms with E-state index in [4.69, 9.17) is 4.74 Å². The van der Waals surface area contributed by atoms with Gasteiger partial charge in [-0.1, -0.05) is 30.3 Å². The van der Waals surface area contributed by atoms with Crippen LogP contribution < -0.4 is 15.4 Å². The molecule has 1 aromatic heterocycles. The van der Waals surface area contributed by atoms with E-state index in [2.05, 4.69) is 15.7 Å². The first-order valence-corrected chi connectivity index (χ1v) is 15.0. The first-order valence-electron chi connectivity index (χ1n) is 13.5. The Bertz CT molecular complexity index is 1710. The minimum absolute atomic E-state index is 0.0256. The molecule has 2 N–H and O–H groups in total. The molecular formula is C30H31FN6O5S. The predicted octanol–water partition coefficient (Wildman–Crippen LogP) is 3.55. The summed E-state index contributed by atoms with van der Waals surface area (Å²) in [6.45, 7) is 1.45. The van der Waals surface area contributed by atoms with Crippen molar-refractivity contribution in [2.45, 2.75) is 24.4 Å². The average molecular weight is 607 g/mol. The van der Waals surface area contributed by atoms with Gasteiger partial charge in [-0.25, -0.2) is 22.3 Å². The Morgan fingerprint density at radius 1 is 1.02 bits per heavy atom. The normalized spacial score (nSPS) is 15.6. The first-order chi connectivity index (χ1) is 20.7. The summed E-state index contributed by atoms with van der Waals surface area (Å²) < 4.78 is 49.3. The van der Waals surface area contributed by atoms with Crippen LogP contribution in [0.25, 0.3) is 5.69 Å². The highest BCUT2D eigenvalue weighted by molar-refractivity contribution is 7.89. The summed E-state index contributed by atoms with van der Waals surface area (Å²) in [7, 11) is -2.67. The fourth-order valence-electron chi connectivity index (χ4n) is 4.88. The smallest absolute Gasteiger partial charge is 0.321 e. The van der Waals surface area contributed by atoms with Gasteiger partial charge in [0.2, 0.25) is 15.9 Å². The Morgan fingerprint density at radius 3 is 2.49 bits per heavy atom. The quantitative estimate of drug-likeness (QED) is 0.316. The molecule has 0 spiro atoms. The van der Waals surface area contributed by atoms with E-state index in [-0.39, 0.29) is 31.1 Å². The van der Waals surface area contributed by atoms with Crippen molar-refractivity contribution in [2.24, 2.45) is 0 Å². The van der Waals surface area contributed by atoms with Crippen LogP contribution in [0.4, 0.5) is 14.9 Å². The van der Waals surface area contributed by atoms with Gasteiger partial charge in [0.25, 0.3) is 0 Å². The highest BCUT2D eigenvalue weighted by atomic mass is 32.2. The number of rotatable bonds is 8. The minimum atomic E-state index is -4.21. The number of nitrogens with zero attached hydrogens (tertiary/aromatic N) is 4. The third-order valence-electron chi connectivity index (χ3n) is 7.17. The molecule has 1 fully saturated rings. The average Bonchev–Trinajstić information content (AvgIpc) is 3.43. The molecule has 1 aliphatic heterocycles. The Hall–Kier alpha value is -4.75. The number of sulfonamides is 1. The van der Waals surface area contributed by atoms with Gasteiger partial charge in [-0.15, -0.1) is 0 Å². The number of hydrogen-bond acceptors (Lipinski definition) is 6. The van der Waals surface area contributed by atoms with Crippen molar-refractivity contribution in [1.82, 2.24) is 24.3 Å². The summed E-state index contributed by atoms with van der Waals surface area (Å²) in [5.41, 5.74) is 2.20. The van der Waals surface area contributed by atoms with Gasteiger partial charge in [0.05, 0.1) is 24.7 Å². The second-order valence-corrected chi connectivity index (χ2v) is 11.8. The molecule has 5 rings (SSSR count). The second-order valence-electron chi connectivity index (χ2n) is 9.93. The van der Waals surface area contributed by atoms with Gasteiger partial charge in [0.1, 0.15) is 22.5 Å². The number of piperazine rings is 1. The molecule has 0 saturated carbocycles. The van der Waals surface area contributed by atoms with Gasteiger partial charge in [0, 0.05) is 31.9 Å². The summed E-state index contributed by atoms with van der Waals surface area (Å²) in [4.78, 5) is 28.1. The fraction of sp³-hybridized carbons (Fsp3) is 0.233. The number of carbonyl (C=O) groups excluding carboxylic acids is 2. The molecule has 1 aliphatic rings. The molecule has 1 saturated heterocycles. The van der Waals surface area contributed by atoms with E-state index in [1.165, 1.54) is 47.2 Å². The summed E-state index contributed by atoms with van der Waals surface area (Å²) in [6.07, 6.45) is 1.27. The van der Waals surface area contributed by atoms with Crippen LogP contribution in [0.3, 0.4) is 0 Å². The molecule has 0 bridgehead atoms. The highest BCUT2D eigenvalue weighted by Gasteiger charge is 2.42. The van der Waals surface area contributed by atoms with E-state index in [9.17, 15) is 22.4 Å². The maximum Gasteiger partial charge on any atom is 0.321 e. The van der Waals surface area contributed by atoms with Gasteiger partial charge >= 0.3 is 6.03 Å². The SMILES string of the molecule is COc1cccc(CNC(=O)C2CN(C(=O)Nc3ccc(F)cc3)CCN2S(=O)(=O)c2cnn(-c3ccccc3)c2C)c1. The lowest BCUT2D eigenvalue weighted by Crippen LogP contribution is -2.61. The number of para-hydroxylation sites is 1. The van der Waals surface area contributed by atoms with E-state index in [1.54, 1.807) is 25.1 Å². The number of methoxy groups -OCH3 is 1. The number of urea groups is 1. The van der Waals surface area contributed by atoms with E-state index < -0.39 is 33.8 Å². The largest absolute Gasteiger partial charge is 0.497 e. The molecule has 4 aromatic rings. The topological polar surface area (TPSA) is 126 Å². The summed E-state index contributed by atoms with van der Waals surface area (Å²) in [6, 6.07) is 19.7. The molecule has 3 amide bonds. The van der Waals surface area contributed by atoms with Crippen LogP contribution in [0.2, 0.25) is 0 Å². The third kappa shape index (κ3) is 6.52. The van der Waals surface area contributed by atoms with Crippen molar-refractivity contribution < 1.29 is 27.1 Å². The number of benzene rings is 3. The molecule has 11 nitrogen and oxygen atoms in total. The Kier molecular flexibility index (Phi) is 8.73. The maximum atomic E-state index is 14.0. The van der Waals surface area contributed by atoms with Crippen LogP contribution in [-0.4, -0.2) is 72.1 Å². The van der Waals surface area contributed by atoms with E-state index in [0.29, 0.717) is 22.8 Å². The molecule has 43 heavy (non-hydrogen) atoms. The standard InChI is InChI=1S/C30H31FN6O5S/c1-21-28(19-33-37(21)25-8-4-3-5-9-25)43(40,41)36-16-15-35(30(39)34-24-13-11-23(31)12-14-24)20-27(36)29(38)32-18-22-7-6-10-26(17-22)42-2/h3-14,17,19,27H,15-16,18,20H2,1-2H3,(H,32,38)(H,34,39). The van der Waals surface area contributed by atoms with Crippen molar-refractivity contribution in [3.8, 4) is 11.4 Å². The number of carbonyl (C=O) groups is 2. The summed E-state index contributed by atoms with van der Waals surface area (Å²) >= 11 is 0. The minimum Gasteiger partial charge on any atom is -0.497 e. The van der Waals surface area contributed by atoms with Crippen LogP contribution >= 0.6 is 0 Å². The number of ether oxygens (including phenoxy) is 1. The first kappa shape index (κ1) is 29.7. The van der Waals surface area contributed by atoms with Crippen molar-refractivity contribution >= 4 is 27.6 Å². The monoisotopic (exact) mass is 606 g/mol. The molecule has 0 aliphatic carbocycles. The lowest BCUT2D eigenvalue weighted by Gasteiger charge is -2.39. The number of amides is 3. The van der Waals surface area contributed by atoms with Crippen LogP contribution in [0.15, 0.2) is 90.0 Å². The molecule has 13 heteroatoms. The van der Waals surface area contributed by atoms with Crippen LogP contribution in [0.5, 0.6) is 5.75 Å². The molecule has 1 unspecified atom stereocenters. The van der Waals surface area contributed by atoms with Crippen molar-refractivity contribution in [3.05, 3.63) is 102 Å². The second kappa shape index (κ2) is 12.6. The highest BCUT2D eigenvalue weighted by Crippen LogP contribution is 2.26. The molecule has 224 valence electrons. The van der Waals surface area contributed by atoms with E-state index in [0.717, 1.165) is 9.87 Å². The molecule has 2 heterocycles. The fourth-order valence-corrected chi connectivity index (χ4v) is 6.59. The maximum absolute atomic E-state index is 14.0. The zero-order chi connectivity index (χ0) is 30.6. The lowest BCUT2D eigenvalue weighted by molar-refractivity contribution is -0.126. The Morgan fingerprint density at radius 2 is 1.77 bits per heavy atom.